The van der Waals surface area contributed by atoms with Crippen molar-refractivity contribution >= 4 is 46.5 Å². The van der Waals surface area contributed by atoms with Gasteiger partial charge in [0.2, 0.25) is 11.9 Å². The minimum atomic E-state index is -0.154. The number of hydrogen-bond donors (Lipinski definition) is 2. The lowest BCUT2D eigenvalue weighted by atomic mass is 10.0. The van der Waals surface area contributed by atoms with E-state index in [9.17, 15) is 14.4 Å². The number of benzene rings is 2. The van der Waals surface area contributed by atoms with Crippen LogP contribution in [0.15, 0.2) is 54.7 Å². The van der Waals surface area contributed by atoms with Gasteiger partial charge in [0, 0.05) is 113 Å². The van der Waals surface area contributed by atoms with Crippen molar-refractivity contribution in [1.29, 1.82) is 0 Å². The predicted octanol–water partition coefficient (Wildman–Crippen LogP) is 4.22. The van der Waals surface area contributed by atoms with Crippen LogP contribution in [0.4, 0.5) is 33.6 Å². The molecule has 3 aliphatic rings. The van der Waals surface area contributed by atoms with Crippen LogP contribution >= 0.6 is 0 Å². The number of rotatable bonds is 7. The summed E-state index contributed by atoms with van der Waals surface area (Å²) in [5.41, 5.74) is 4.42. The van der Waals surface area contributed by atoms with Gasteiger partial charge in [0.25, 0.3) is 0 Å². The fraction of sp³-hybridized carbons (Fsp3) is 0.457. The molecule has 0 radical (unpaired) electrons. The van der Waals surface area contributed by atoms with Crippen LogP contribution < -0.4 is 20.4 Å². The van der Waals surface area contributed by atoms with Gasteiger partial charge in [0.05, 0.1) is 0 Å². The molecule has 2 aromatic carbocycles. The van der Waals surface area contributed by atoms with Crippen molar-refractivity contribution in [2.24, 2.45) is 0 Å². The average Bonchev–Trinajstić information content (AvgIpc) is 3.10. The Labute approximate surface area is 276 Å². The molecule has 2 N–H and O–H groups in total. The van der Waals surface area contributed by atoms with E-state index in [4.69, 9.17) is 4.98 Å². The molecule has 1 aromatic heterocycles. The van der Waals surface area contributed by atoms with E-state index in [-0.39, 0.29) is 17.7 Å². The van der Waals surface area contributed by atoms with Gasteiger partial charge in [-0.3, -0.25) is 14.5 Å². The van der Waals surface area contributed by atoms with Crippen LogP contribution in [-0.2, 0) is 4.79 Å². The number of hydrogen-bond acceptors (Lipinski definition) is 9. The zero-order valence-corrected chi connectivity index (χ0v) is 27.6. The molecule has 0 saturated carbocycles. The van der Waals surface area contributed by atoms with Crippen LogP contribution in [0, 0.1) is 6.92 Å². The van der Waals surface area contributed by atoms with Gasteiger partial charge < -0.3 is 30.2 Å². The number of Topliss-reactive ketones (excluding diaryl/α,β-unsaturated/α-hetero) is 1. The molecule has 0 unspecified atom stereocenters. The molecule has 0 aliphatic carbocycles. The maximum absolute atomic E-state index is 12.9. The number of amides is 3. The lowest BCUT2D eigenvalue weighted by Crippen LogP contribution is -2.54. The Kier molecular flexibility index (Phi) is 9.86. The first-order valence-electron chi connectivity index (χ1n) is 16.6. The van der Waals surface area contributed by atoms with Gasteiger partial charge >= 0.3 is 6.03 Å². The number of piperazine rings is 2. The third-order valence-corrected chi connectivity index (χ3v) is 9.58. The normalized spacial score (nSPS) is 17.9. The van der Waals surface area contributed by atoms with E-state index in [1.807, 2.05) is 18.0 Å². The topological polar surface area (TPSA) is 117 Å². The highest BCUT2D eigenvalue weighted by molar-refractivity contribution is 5.95. The monoisotopic (exact) mass is 639 g/mol. The quantitative estimate of drug-likeness (QED) is 0.367. The molecule has 4 heterocycles. The van der Waals surface area contributed by atoms with E-state index < -0.39 is 0 Å². The summed E-state index contributed by atoms with van der Waals surface area (Å²) < 4.78 is 0. The Morgan fingerprint density at radius 3 is 1.96 bits per heavy atom. The second-order valence-electron chi connectivity index (χ2n) is 12.7. The fourth-order valence-electron chi connectivity index (χ4n) is 6.70. The first-order chi connectivity index (χ1) is 22.7. The van der Waals surface area contributed by atoms with Gasteiger partial charge in [-0.1, -0.05) is 0 Å². The summed E-state index contributed by atoms with van der Waals surface area (Å²) in [5, 5.41) is 6.30. The van der Waals surface area contributed by atoms with E-state index in [1.165, 1.54) is 12.6 Å². The standard InChI is InChI=1S/C35H45N9O3/c1-25-24-36-34(39-33(25)43-20-22-44(23-21-43)35(47)38-30-6-4-28(5-7-30)26(2)45)37-29-8-10-31(11-9-29)41-14-12-32(13-15-41)42-18-16-40(17-19-42)27(3)46/h4-11,24,32H,12-23H2,1-3H3,(H,38,47)(H,36,37,39). The van der Waals surface area contributed by atoms with Gasteiger partial charge in [-0.15, -0.1) is 0 Å². The summed E-state index contributed by atoms with van der Waals surface area (Å²) in [5.74, 6) is 1.58. The Balaban J connectivity index is 0.983. The SMILES string of the molecule is CC(=O)c1ccc(NC(=O)N2CCN(c3nc(Nc4ccc(N5CCC(N6CCN(C(C)=O)CC6)CC5)cc4)ncc3C)CC2)cc1. The van der Waals surface area contributed by atoms with Crippen molar-refractivity contribution in [3.8, 4) is 0 Å². The van der Waals surface area contributed by atoms with Gasteiger partial charge in [-0.2, -0.15) is 4.98 Å². The Morgan fingerprint density at radius 1 is 0.723 bits per heavy atom. The van der Waals surface area contributed by atoms with Crippen molar-refractivity contribution in [1.82, 2.24) is 24.7 Å². The van der Waals surface area contributed by atoms with Gasteiger partial charge in [-0.25, -0.2) is 9.78 Å². The van der Waals surface area contributed by atoms with Crippen LogP contribution in [0.25, 0.3) is 0 Å². The number of carbonyl (C=O) groups is 3. The predicted molar refractivity (Wildman–Crippen MR) is 185 cm³/mol. The minimum Gasteiger partial charge on any atom is -0.371 e. The number of carbonyl (C=O) groups excluding carboxylic acids is 3. The largest absolute Gasteiger partial charge is 0.371 e. The van der Waals surface area contributed by atoms with E-state index >= 15 is 0 Å². The van der Waals surface area contributed by atoms with Crippen LogP contribution in [0.5, 0.6) is 0 Å². The van der Waals surface area contributed by atoms with Crippen LogP contribution in [0.1, 0.15) is 42.6 Å². The van der Waals surface area contributed by atoms with E-state index in [0.717, 1.165) is 69.2 Å². The molecule has 3 amide bonds. The summed E-state index contributed by atoms with van der Waals surface area (Å²) in [6.07, 6.45) is 4.11. The Hall–Kier alpha value is -4.71. The number of nitrogens with zero attached hydrogens (tertiary/aromatic N) is 7. The molecule has 0 spiro atoms. The highest BCUT2D eigenvalue weighted by atomic mass is 16.2. The van der Waals surface area contributed by atoms with Gasteiger partial charge in [-0.05, 0) is 75.2 Å². The number of aryl methyl sites for hydroxylation is 1. The van der Waals surface area contributed by atoms with Crippen molar-refractivity contribution in [2.45, 2.75) is 39.7 Å². The Morgan fingerprint density at radius 2 is 1.34 bits per heavy atom. The highest BCUT2D eigenvalue weighted by Crippen LogP contribution is 2.27. The summed E-state index contributed by atoms with van der Waals surface area (Å²) in [4.78, 5) is 56.4. The molecule has 0 bridgehead atoms. The van der Waals surface area contributed by atoms with Gasteiger partial charge in [0.15, 0.2) is 5.78 Å². The smallest absolute Gasteiger partial charge is 0.321 e. The fourth-order valence-corrected chi connectivity index (χ4v) is 6.70. The summed E-state index contributed by atoms with van der Waals surface area (Å²) >= 11 is 0. The van der Waals surface area contributed by atoms with E-state index in [1.54, 1.807) is 36.1 Å². The minimum absolute atomic E-state index is 0.00353. The molecular formula is C35H45N9O3. The summed E-state index contributed by atoms with van der Waals surface area (Å²) in [6, 6.07) is 15.9. The maximum Gasteiger partial charge on any atom is 0.321 e. The highest BCUT2D eigenvalue weighted by Gasteiger charge is 2.28. The molecule has 12 heteroatoms. The molecule has 6 rings (SSSR count). The van der Waals surface area contributed by atoms with Gasteiger partial charge in [0.1, 0.15) is 5.82 Å². The third kappa shape index (κ3) is 7.82. The first-order valence-corrected chi connectivity index (χ1v) is 16.6. The third-order valence-electron chi connectivity index (χ3n) is 9.58. The number of aromatic nitrogens is 2. The molecular weight excluding hydrogens is 594 g/mol. The maximum atomic E-state index is 12.9. The molecule has 47 heavy (non-hydrogen) atoms. The van der Waals surface area contributed by atoms with E-state index in [2.05, 4.69) is 54.6 Å². The van der Waals surface area contributed by atoms with Crippen LogP contribution in [-0.4, -0.2) is 114 Å². The number of piperidine rings is 1. The van der Waals surface area contributed by atoms with Crippen molar-refractivity contribution in [2.75, 3.05) is 85.9 Å². The summed E-state index contributed by atoms with van der Waals surface area (Å²) in [6.45, 7) is 13.3. The molecule has 3 aliphatic heterocycles. The molecule has 0 atom stereocenters. The van der Waals surface area contributed by atoms with Crippen molar-refractivity contribution in [3.63, 3.8) is 0 Å². The zero-order chi connectivity index (χ0) is 32.9. The van der Waals surface area contributed by atoms with Crippen LogP contribution in [0.2, 0.25) is 0 Å². The Bertz CT molecular complexity index is 1560. The molecule has 12 nitrogen and oxygen atoms in total. The lowest BCUT2D eigenvalue weighted by molar-refractivity contribution is -0.130. The molecule has 3 fully saturated rings. The average molecular weight is 640 g/mol. The second-order valence-corrected chi connectivity index (χ2v) is 12.7. The summed E-state index contributed by atoms with van der Waals surface area (Å²) in [7, 11) is 0. The van der Waals surface area contributed by atoms with Crippen molar-refractivity contribution in [3.05, 3.63) is 65.9 Å². The molecule has 248 valence electrons. The first kappa shape index (κ1) is 32.2. The number of ketones is 1. The lowest BCUT2D eigenvalue weighted by Gasteiger charge is -2.43. The number of nitrogens with one attached hydrogen (secondary N) is 2. The molecule has 3 aromatic rings. The van der Waals surface area contributed by atoms with E-state index in [0.29, 0.717) is 49.4 Å². The second kappa shape index (κ2) is 14.4. The van der Waals surface area contributed by atoms with Crippen molar-refractivity contribution < 1.29 is 14.4 Å². The zero-order valence-electron chi connectivity index (χ0n) is 27.6. The number of urea groups is 1. The van der Waals surface area contributed by atoms with Crippen LogP contribution in [0.3, 0.4) is 0 Å². The number of anilines is 5. The molecule has 3 saturated heterocycles.